The zero-order valence-electron chi connectivity index (χ0n) is 7.07. The zero-order valence-corrected chi connectivity index (χ0v) is 9.23. The molecule has 0 saturated heterocycles. The van der Waals surface area contributed by atoms with Gasteiger partial charge in [0, 0.05) is 35.5 Å². The number of halogens is 1. The molecule has 0 spiro atoms. The highest BCUT2D eigenvalue weighted by molar-refractivity contribution is 14.1. The largest absolute Gasteiger partial charge is 0.317 e. The molecule has 0 heterocycles. The van der Waals surface area contributed by atoms with Crippen LogP contribution in [0.25, 0.3) is 0 Å². The van der Waals surface area contributed by atoms with Gasteiger partial charge in [0.25, 0.3) is 0 Å². The van der Waals surface area contributed by atoms with E-state index in [1.165, 1.54) is 32.2 Å². The van der Waals surface area contributed by atoms with Gasteiger partial charge in [-0.25, -0.2) is 0 Å². The van der Waals surface area contributed by atoms with Gasteiger partial charge in [-0.2, -0.15) is 0 Å². The van der Waals surface area contributed by atoms with Crippen molar-refractivity contribution >= 4 is 22.9 Å². The molecule has 1 aliphatic carbocycles. The average Bonchev–Trinajstić information content (AvgIpc) is 2.07. The standard InChI is InChI=1S/C8H17IN2/c1-10-8-4-2-7(3-5-8)6-11-9/h7-8,10-11H,2-6H2,1H3/t7-,8-. The molecule has 2 N–H and O–H groups in total. The topological polar surface area (TPSA) is 24.1 Å². The van der Waals surface area contributed by atoms with Crippen LogP contribution in [-0.4, -0.2) is 19.6 Å². The molecule has 1 fully saturated rings. The highest BCUT2D eigenvalue weighted by Crippen LogP contribution is 2.23. The van der Waals surface area contributed by atoms with E-state index >= 15 is 0 Å². The van der Waals surface area contributed by atoms with Crippen molar-refractivity contribution in [1.29, 1.82) is 0 Å². The van der Waals surface area contributed by atoms with E-state index < -0.39 is 0 Å². The second kappa shape index (κ2) is 5.32. The SMILES string of the molecule is CN[C@H]1CC[C@H](CNI)CC1. The molecule has 0 aromatic heterocycles. The van der Waals surface area contributed by atoms with E-state index in [1.54, 1.807) is 0 Å². The van der Waals surface area contributed by atoms with Gasteiger partial charge in [-0.05, 0) is 38.6 Å². The van der Waals surface area contributed by atoms with E-state index in [4.69, 9.17) is 0 Å². The third-order valence-electron chi connectivity index (χ3n) is 2.62. The summed E-state index contributed by atoms with van der Waals surface area (Å²) >= 11 is 2.24. The smallest absolute Gasteiger partial charge is 0.0169 e. The van der Waals surface area contributed by atoms with Gasteiger partial charge in [0.2, 0.25) is 0 Å². The Balaban J connectivity index is 2.14. The molecule has 0 atom stereocenters. The minimum Gasteiger partial charge on any atom is -0.317 e. The molecule has 0 radical (unpaired) electrons. The van der Waals surface area contributed by atoms with Gasteiger partial charge in [0.15, 0.2) is 0 Å². The molecule has 0 aromatic rings. The van der Waals surface area contributed by atoms with Crippen molar-refractivity contribution in [3.8, 4) is 0 Å². The normalized spacial score (nSPS) is 32.2. The summed E-state index contributed by atoms with van der Waals surface area (Å²) < 4.78 is 3.22. The fourth-order valence-electron chi connectivity index (χ4n) is 1.76. The Bertz CT molecular complexity index is 100. The quantitative estimate of drug-likeness (QED) is 0.601. The van der Waals surface area contributed by atoms with E-state index in [9.17, 15) is 0 Å². The van der Waals surface area contributed by atoms with Crippen LogP contribution in [0, 0.1) is 5.92 Å². The molecule has 2 nitrogen and oxygen atoms in total. The van der Waals surface area contributed by atoms with Gasteiger partial charge < -0.3 is 5.32 Å². The van der Waals surface area contributed by atoms with E-state index in [2.05, 4.69) is 38.8 Å². The second-order valence-corrected chi connectivity index (χ2v) is 4.11. The van der Waals surface area contributed by atoms with Crippen molar-refractivity contribution in [2.45, 2.75) is 31.7 Å². The number of hydrogen-bond donors (Lipinski definition) is 2. The lowest BCUT2D eigenvalue weighted by Gasteiger charge is -2.27. The third-order valence-corrected chi connectivity index (χ3v) is 3.06. The first-order valence-corrected chi connectivity index (χ1v) is 5.45. The minimum atomic E-state index is 0.792. The predicted octanol–water partition coefficient (Wildman–Crippen LogP) is 1.70. The molecule has 66 valence electrons. The lowest BCUT2D eigenvalue weighted by atomic mass is 9.86. The maximum atomic E-state index is 3.34. The molecular weight excluding hydrogens is 251 g/mol. The first-order valence-electron chi connectivity index (χ1n) is 4.37. The van der Waals surface area contributed by atoms with E-state index in [-0.39, 0.29) is 0 Å². The highest BCUT2D eigenvalue weighted by Gasteiger charge is 2.18. The molecule has 0 bridgehead atoms. The third kappa shape index (κ3) is 3.25. The molecule has 0 amide bonds. The van der Waals surface area contributed by atoms with Crippen molar-refractivity contribution < 1.29 is 0 Å². The number of nitrogens with one attached hydrogen (secondary N) is 2. The van der Waals surface area contributed by atoms with Crippen molar-refractivity contribution in [3.05, 3.63) is 0 Å². The predicted molar refractivity (Wildman–Crippen MR) is 56.8 cm³/mol. The average molecular weight is 268 g/mol. The van der Waals surface area contributed by atoms with Gasteiger partial charge in [0.1, 0.15) is 0 Å². The Morgan fingerprint density at radius 1 is 1.27 bits per heavy atom. The fourth-order valence-corrected chi connectivity index (χ4v) is 2.39. The van der Waals surface area contributed by atoms with Crippen LogP contribution in [0.1, 0.15) is 25.7 Å². The zero-order chi connectivity index (χ0) is 8.10. The van der Waals surface area contributed by atoms with E-state index in [0.29, 0.717) is 0 Å². The fraction of sp³-hybridized carbons (Fsp3) is 1.00. The maximum Gasteiger partial charge on any atom is 0.0169 e. The summed E-state index contributed by atoms with van der Waals surface area (Å²) in [7, 11) is 2.07. The van der Waals surface area contributed by atoms with Crippen LogP contribution in [0.5, 0.6) is 0 Å². The van der Waals surface area contributed by atoms with Crippen LogP contribution in [0.15, 0.2) is 0 Å². The van der Waals surface area contributed by atoms with Crippen molar-refractivity contribution in [2.75, 3.05) is 13.6 Å². The maximum absolute atomic E-state index is 3.34. The van der Waals surface area contributed by atoms with Crippen molar-refractivity contribution in [3.63, 3.8) is 0 Å². The summed E-state index contributed by atoms with van der Waals surface area (Å²) in [4.78, 5) is 0. The molecular formula is C8H17IN2. The van der Waals surface area contributed by atoms with Crippen LogP contribution >= 0.6 is 22.9 Å². The molecule has 1 saturated carbocycles. The van der Waals surface area contributed by atoms with Crippen LogP contribution in [0.3, 0.4) is 0 Å². The molecule has 0 aromatic carbocycles. The summed E-state index contributed by atoms with van der Waals surface area (Å²) in [6.07, 6.45) is 5.50. The molecule has 1 aliphatic rings. The Morgan fingerprint density at radius 2 is 1.91 bits per heavy atom. The van der Waals surface area contributed by atoms with Crippen LogP contribution in [-0.2, 0) is 0 Å². The molecule has 0 unspecified atom stereocenters. The molecule has 11 heavy (non-hydrogen) atoms. The van der Waals surface area contributed by atoms with Gasteiger partial charge >= 0.3 is 0 Å². The van der Waals surface area contributed by atoms with Crippen LogP contribution in [0.4, 0.5) is 0 Å². The highest BCUT2D eigenvalue weighted by atomic mass is 127. The summed E-state index contributed by atoms with van der Waals surface area (Å²) in [6.45, 7) is 1.19. The van der Waals surface area contributed by atoms with Crippen LogP contribution < -0.4 is 8.85 Å². The van der Waals surface area contributed by atoms with E-state index in [0.717, 1.165) is 12.0 Å². The Morgan fingerprint density at radius 3 is 2.36 bits per heavy atom. The Labute approximate surface area is 83.0 Å². The lowest BCUT2D eigenvalue weighted by Crippen LogP contribution is -2.32. The van der Waals surface area contributed by atoms with Gasteiger partial charge in [-0.3, -0.25) is 3.53 Å². The van der Waals surface area contributed by atoms with Gasteiger partial charge in [0.05, 0.1) is 0 Å². The van der Waals surface area contributed by atoms with Gasteiger partial charge in [-0.1, -0.05) is 0 Å². The summed E-state index contributed by atoms with van der Waals surface area (Å²) in [5.74, 6) is 0.927. The molecule has 1 rings (SSSR count). The summed E-state index contributed by atoms with van der Waals surface area (Å²) in [5.41, 5.74) is 0. The Hall–Kier alpha value is 0.650. The van der Waals surface area contributed by atoms with E-state index in [1.807, 2.05) is 0 Å². The summed E-state index contributed by atoms with van der Waals surface area (Å²) in [5, 5.41) is 3.34. The number of hydrogen-bond acceptors (Lipinski definition) is 2. The minimum absolute atomic E-state index is 0.792. The van der Waals surface area contributed by atoms with Crippen LogP contribution in [0.2, 0.25) is 0 Å². The molecule has 3 heteroatoms. The first-order chi connectivity index (χ1) is 5.36. The van der Waals surface area contributed by atoms with Crippen molar-refractivity contribution in [1.82, 2.24) is 8.85 Å². The lowest BCUT2D eigenvalue weighted by molar-refractivity contribution is 0.305. The first kappa shape index (κ1) is 9.74. The monoisotopic (exact) mass is 268 g/mol. The second-order valence-electron chi connectivity index (χ2n) is 3.34. The van der Waals surface area contributed by atoms with Crippen molar-refractivity contribution in [2.24, 2.45) is 5.92 Å². The summed E-state index contributed by atoms with van der Waals surface area (Å²) in [6, 6.07) is 0.792. The molecule has 0 aliphatic heterocycles. The Kier molecular flexibility index (Phi) is 4.71. The van der Waals surface area contributed by atoms with Gasteiger partial charge in [-0.15, -0.1) is 0 Å². The number of rotatable bonds is 3.